The highest BCUT2D eigenvalue weighted by Gasteiger charge is 2.41. The van der Waals surface area contributed by atoms with E-state index in [1.165, 1.54) is 23.1 Å². The first-order chi connectivity index (χ1) is 27.1. The Kier molecular flexibility index (Phi) is 5.72. The first-order valence-corrected chi connectivity index (χ1v) is 17.9. The van der Waals surface area contributed by atoms with Crippen LogP contribution in [0.3, 0.4) is 0 Å². The van der Waals surface area contributed by atoms with Gasteiger partial charge in [0.2, 0.25) is 0 Å². The number of hydrogen-bond acceptors (Lipinski definition) is 2. The summed E-state index contributed by atoms with van der Waals surface area (Å²) in [5.41, 5.74) is 13.6. The van der Waals surface area contributed by atoms with Crippen molar-refractivity contribution in [2.24, 2.45) is 0 Å². The molecule has 7 aromatic carbocycles. The van der Waals surface area contributed by atoms with Gasteiger partial charge >= 0.3 is 0 Å². The Morgan fingerprint density at radius 1 is 0.588 bits per heavy atom. The van der Waals surface area contributed by atoms with Gasteiger partial charge in [0.25, 0.3) is 0 Å². The lowest BCUT2D eigenvalue weighted by Gasteiger charge is -2.32. The topological polar surface area (TPSA) is 16.4 Å². The van der Waals surface area contributed by atoms with Crippen molar-refractivity contribution in [3.8, 4) is 33.4 Å². The Morgan fingerprint density at radius 3 is 2.14 bits per heavy atom. The van der Waals surface area contributed by atoms with E-state index in [9.17, 15) is 2.74 Å². The molecule has 0 amide bonds. The normalized spacial score (nSPS) is 15.7. The first-order valence-electron chi connectivity index (χ1n) is 20.4. The number of nitrogens with zero attached hydrogens (tertiary/aromatic N) is 1. The average molecular weight is 663 g/mol. The number of para-hydroxylation sites is 2. The fourth-order valence-corrected chi connectivity index (χ4v) is 8.78. The molecular weight excluding hydrogens is 619 g/mol. The molecule has 0 fully saturated rings. The predicted octanol–water partition coefficient (Wildman–Crippen LogP) is 13.6. The van der Waals surface area contributed by atoms with Crippen LogP contribution in [0.25, 0.3) is 55.3 Å². The molecule has 0 bridgehead atoms. The van der Waals surface area contributed by atoms with E-state index in [2.05, 4.69) is 92.7 Å². The van der Waals surface area contributed by atoms with Crippen molar-refractivity contribution in [1.82, 2.24) is 0 Å². The summed E-state index contributed by atoms with van der Waals surface area (Å²) in [6.07, 6.45) is 4.44. The number of benzene rings is 7. The lowest BCUT2D eigenvalue weighted by molar-refractivity contribution is 0.648. The summed E-state index contributed by atoms with van der Waals surface area (Å²) in [7, 11) is 0. The molecule has 1 aromatic heterocycles. The largest absolute Gasteiger partial charge is 0.453 e. The van der Waals surface area contributed by atoms with E-state index in [-0.39, 0.29) is 29.9 Å². The molecule has 0 saturated heterocycles. The second-order valence-electron chi connectivity index (χ2n) is 14.4. The van der Waals surface area contributed by atoms with E-state index < -0.39 is 11.5 Å². The summed E-state index contributed by atoms with van der Waals surface area (Å²) in [5, 5.41) is 1.88. The molecule has 0 N–H and O–H groups in total. The Balaban J connectivity index is 1.35. The monoisotopic (exact) mass is 662 g/mol. The van der Waals surface area contributed by atoms with Gasteiger partial charge in [0, 0.05) is 33.1 Å². The van der Waals surface area contributed by atoms with E-state index in [4.69, 9.17) is 8.53 Å². The minimum atomic E-state index is -0.536. The molecule has 8 aromatic rings. The number of fused-ring (bicyclic) bond motifs is 7. The quantitative estimate of drug-likeness (QED) is 0.182. The molecule has 0 unspecified atom stereocenters. The molecular formula is C49H39NO. The zero-order valence-electron chi connectivity index (χ0n) is 33.7. The van der Waals surface area contributed by atoms with Gasteiger partial charge in [0.05, 0.1) is 12.5 Å². The number of anilines is 3. The molecule has 2 nitrogen and oxygen atoms in total. The van der Waals surface area contributed by atoms with Crippen molar-refractivity contribution in [1.29, 1.82) is 0 Å². The van der Waals surface area contributed by atoms with Gasteiger partial charge in [0.15, 0.2) is 5.58 Å². The average Bonchev–Trinajstić information content (AvgIpc) is 3.72. The molecule has 1 heterocycles. The van der Waals surface area contributed by atoms with Crippen LogP contribution in [0.4, 0.5) is 17.1 Å². The maximum absolute atomic E-state index is 9.37. The Morgan fingerprint density at radius 2 is 1.29 bits per heavy atom. The zero-order valence-corrected chi connectivity index (χ0v) is 28.7. The molecule has 0 saturated carbocycles. The highest BCUT2D eigenvalue weighted by Crippen LogP contribution is 2.58. The van der Waals surface area contributed by atoms with Gasteiger partial charge in [-0.05, 0) is 106 Å². The fraction of sp³-hybridized carbons (Fsp3) is 0.143. The van der Waals surface area contributed by atoms with E-state index in [1.54, 1.807) is 0 Å². The molecule has 246 valence electrons. The second kappa shape index (κ2) is 11.6. The highest BCUT2D eigenvalue weighted by atomic mass is 16.3. The smallest absolute Gasteiger partial charge is 0.159 e. The second-order valence-corrected chi connectivity index (χ2v) is 14.4. The fourth-order valence-electron chi connectivity index (χ4n) is 8.78. The summed E-state index contributed by atoms with van der Waals surface area (Å²) in [6.45, 7) is 4.41. The molecule has 2 aliphatic carbocycles. The van der Waals surface area contributed by atoms with Crippen molar-refractivity contribution in [3.63, 3.8) is 0 Å². The highest BCUT2D eigenvalue weighted by molar-refractivity contribution is 6.17. The van der Waals surface area contributed by atoms with Crippen molar-refractivity contribution >= 4 is 39.0 Å². The molecule has 10 rings (SSSR count). The van der Waals surface area contributed by atoms with Gasteiger partial charge < -0.3 is 9.32 Å². The van der Waals surface area contributed by atoms with Gasteiger partial charge in [0.1, 0.15) is 5.58 Å². The third kappa shape index (κ3) is 4.63. The van der Waals surface area contributed by atoms with Crippen molar-refractivity contribution in [3.05, 3.63) is 174 Å². The third-order valence-electron chi connectivity index (χ3n) is 11.1. The Hall–Kier alpha value is -5.86. The lowest BCUT2D eigenvalue weighted by atomic mass is 9.80. The van der Waals surface area contributed by atoms with Crippen LogP contribution in [0, 0.1) is 0 Å². The number of rotatable bonds is 5. The number of hydrogen-bond donors (Lipinski definition) is 0. The van der Waals surface area contributed by atoms with Crippen LogP contribution in [0.15, 0.2) is 156 Å². The van der Waals surface area contributed by atoms with Crippen LogP contribution in [-0.2, 0) is 18.3 Å². The van der Waals surface area contributed by atoms with Crippen LogP contribution in [-0.4, -0.2) is 0 Å². The molecule has 0 spiro atoms. The summed E-state index contributed by atoms with van der Waals surface area (Å²) >= 11 is 0. The van der Waals surface area contributed by atoms with Crippen molar-refractivity contribution < 1.29 is 11.3 Å². The van der Waals surface area contributed by atoms with Crippen molar-refractivity contribution in [2.75, 3.05) is 4.90 Å². The summed E-state index contributed by atoms with van der Waals surface area (Å²) in [5.74, 6) is 0. The molecule has 2 aliphatic rings. The standard InChI is InChI=1S/C49H39NO/c1-49(2)44-26-12-11-22-39(44)42-31-43-41-25-14-24-40(38-23-13-18-34-17-9-10-21-37(34)38)47(41)51-48(43)46(45(42)49)50(35-19-7-4-8-20-35)36-29-27-33(28-30-36)32-15-5-3-6-16-32/h3-8,11-16,18-20,22-31H,9-10,17,21H2,1-2H3/i4D,7D,8D,19D,20D. The molecule has 0 aliphatic heterocycles. The third-order valence-corrected chi connectivity index (χ3v) is 11.1. The molecule has 51 heavy (non-hydrogen) atoms. The molecule has 2 heteroatoms. The zero-order chi connectivity index (χ0) is 38.5. The summed E-state index contributed by atoms with van der Waals surface area (Å²) in [4.78, 5) is 1.87. The Bertz CT molecular complexity index is 2860. The van der Waals surface area contributed by atoms with Crippen LogP contribution >= 0.6 is 0 Å². The van der Waals surface area contributed by atoms with Gasteiger partial charge in [-0.2, -0.15) is 0 Å². The predicted molar refractivity (Wildman–Crippen MR) is 213 cm³/mol. The van der Waals surface area contributed by atoms with E-state index in [0.29, 0.717) is 17.0 Å². The maximum Gasteiger partial charge on any atom is 0.159 e. The van der Waals surface area contributed by atoms with Crippen LogP contribution in [0.5, 0.6) is 0 Å². The van der Waals surface area contributed by atoms with Crippen LogP contribution < -0.4 is 4.90 Å². The summed E-state index contributed by atoms with van der Waals surface area (Å²) < 4.78 is 52.2. The van der Waals surface area contributed by atoms with Crippen molar-refractivity contribution in [2.45, 2.75) is 44.9 Å². The maximum atomic E-state index is 9.37. The molecule has 0 atom stereocenters. The van der Waals surface area contributed by atoms with Gasteiger partial charge in [-0.25, -0.2) is 0 Å². The lowest BCUT2D eigenvalue weighted by Crippen LogP contribution is -2.21. The first kappa shape index (κ1) is 25.1. The number of aryl methyl sites for hydroxylation is 1. The SMILES string of the molecule is [2H]c1c([2H])c([2H])c(N(c2ccc(-c3ccccc3)cc2)c2c3c(cc4c2oc2c(-c5cccc6c5CCCC6)cccc24)-c2ccccc2C3(C)C)c([2H])c1[2H]. The van der Waals surface area contributed by atoms with E-state index in [1.807, 2.05) is 47.4 Å². The Labute approximate surface area is 306 Å². The van der Waals surface area contributed by atoms with Gasteiger partial charge in [-0.3, -0.25) is 0 Å². The van der Waals surface area contributed by atoms with E-state index >= 15 is 0 Å². The van der Waals surface area contributed by atoms with Gasteiger partial charge in [-0.15, -0.1) is 0 Å². The van der Waals surface area contributed by atoms with E-state index in [0.717, 1.165) is 74.6 Å². The summed E-state index contributed by atoms with van der Waals surface area (Å²) in [6, 6.07) is 40.1. The minimum absolute atomic E-state index is 0.0720. The molecule has 0 radical (unpaired) electrons. The number of furan rings is 1. The van der Waals surface area contributed by atoms with Gasteiger partial charge in [-0.1, -0.05) is 135 Å². The minimum Gasteiger partial charge on any atom is -0.453 e. The van der Waals surface area contributed by atoms with Crippen LogP contribution in [0.1, 0.15) is 55.8 Å². The van der Waals surface area contributed by atoms with Crippen LogP contribution in [0.2, 0.25) is 0 Å².